The molecule has 17 heavy (non-hydrogen) atoms. The molecule has 1 N–H and O–H groups in total. The van der Waals surface area contributed by atoms with Gasteiger partial charge in [0.2, 0.25) is 5.91 Å². The number of nitrogens with zero attached hydrogens (tertiary/aromatic N) is 3. The van der Waals surface area contributed by atoms with Crippen LogP contribution in [0.25, 0.3) is 0 Å². The highest BCUT2D eigenvalue weighted by atomic mass is 16.3. The van der Waals surface area contributed by atoms with E-state index in [1.807, 2.05) is 11.9 Å². The van der Waals surface area contributed by atoms with Crippen LogP contribution in [0.2, 0.25) is 0 Å². The summed E-state index contributed by atoms with van der Waals surface area (Å²) in [7, 11) is 1.81. The van der Waals surface area contributed by atoms with Gasteiger partial charge < -0.3 is 14.9 Å². The summed E-state index contributed by atoms with van der Waals surface area (Å²) in [6.07, 6.45) is 0. The number of nitriles is 1. The van der Waals surface area contributed by atoms with Crippen LogP contribution < -0.4 is 9.80 Å². The maximum absolute atomic E-state index is 11.8. The molecule has 0 atom stereocenters. The lowest BCUT2D eigenvalue weighted by Gasteiger charge is -2.35. The number of hydrogen-bond donors (Lipinski definition) is 1. The standard InChI is InChI=1S/C12H13N3O2/c1-14-8-12(17)15(4-5-16)10-3-2-9(7-13)6-11(10)14/h2-3,6,16H,4-5,8H2,1H3. The molecule has 1 aliphatic rings. The summed E-state index contributed by atoms with van der Waals surface area (Å²) in [5.41, 5.74) is 2.16. The molecule has 5 nitrogen and oxygen atoms in total. The molecule has 0 aromatic heterocycles. The van der Waals surface area contributed by atoms with Gasteiger partial charge >= 0.3 is 0 Å². The molecule has 0 fully saturated rings. The second-order valence-corrected chi connectivity index (χ2v) is 3.94. The first-order chi connectivity index (χ1) is 8.17. The van der Waals surface area contributed by atoms with Gasteiger partial charge in [0.1, 0.15) is 0 Å². The van der Waals surface area contributed by atoms with Crippen LogP contribution in [-0.2, 0) is 4.79 Å². The number of carbonyl (C=O) groups is 1. The van der Waals surface area contributed by atoms with E-state index in [0.717, 1.165) is 11.4 Å². The van der Waals surface area contributed by atoms with Crippen molar-refractivity contribution in [2.24, 2.45) is 0 Å². The molecule has 88 valence electrons. The predicted octanol–water partition coefficient (Wildman–Crippen LogP) is 0.333. The van der Waals surface area contributed by atoms with E-state index in [1.54, 1.807) is 23.1 Å². The van der Waals surface area contributed by atoms with E-state index in [2.05, 4.69) is 6.07 Å². The van der Waals surface area contributed by atoms with E-state index >= 15 is 0 Å². The molecule has 2 rings (SSSR count). The van der Waals surface area contributed by atoms with Crippen molar-refractivity contribution < 1.29 is 9.90 Å². The molecule has 1 heterocycles. The first kappa shape index (κ1) is 11.4. The SMILES string of the molecule is CN1CC(=O)N(CCO)c2ccc(C#N)cc21. The number of β-amino-alcohol motifs (C(OH)–C–C–N with tert-alkyl or cyclic N) is 1. The zero-order valence-electron chi connectivity index (χ0n) is 9.55. The van der Waals surface area contributed by atoms with Crippen LogP contribution in [-0.4, -0.2) is 37.8 Å². The van der Waals surface area contributed by atoms with Crippen LogP contribution in [0, 0.1) is 11.3 Å². The number of likely N-dealkylation sites (N-methyl/N-ethyl adjacent to an activating group) is 1. The van der Waals surface area contributed by atoms with Crippen molar-refractivity contribution in [3.8, 4) is 6.07 Å². The van der Waals surface area contributed by atoms with Gasteiger partial charge in [0.15, 0.2) is 0 Å². The molecule has 0 saturated heterocycles. The number of aliphatic hydroxyl groups is 1. The number of carbonyl (C=O) groups excluding carboxylic acids is 1. The Morgan fingerprint density at radius 3 is 2.88 bits per heavy atom. The van der Waals surface area contributed by atoms with Crippen molar-refractivity contribution in [1.29, 1.82) is 5.26 Å². The third-order valence-electron chi connectivity index (χ3n) is 2.80. The first-order valence-corrected chi connectivity index (χ1v) is 5.34. The number of rotatable bonds is 2. The van der Waals surface area contributed by atoms with Crippen molar-refractivity contribution in [2.45, 2.75) is 0 Å². The van der Waals surface area contributed by atoms with Gasteiger partial charge in [0.05, 0.1) is 36.2 Å². The molecule has 1 aliphatic heterocycles. The largest absolute Gasteiger partial charge is 0.395 e. The third-order valence-corrected chi connectivity index (χ3v) is 2.80. The highest BCUT2D eigenvalue weighted by molar-refractivity contribution is 6.03. The summed E-state index contributed by atoms with van der Waals surface area (Å²) < 4.78 is 0. The number of hydrogen-bond acceptors (Lipinski definition) is 4. The normalized spacial score (nSPS) is 14.5. The molecule has 0 spiro atoms. The number of fused-ring (bicyclic) bond motifs is 1. The first-order valence-electron chi connectivity index (χ1n) is 5.34. The number of benzene rings is 1. The summed E-state index contributed by atoms with van der Waals surface area (Å²) >= 11 is 0. The van der Waals surface area contributed by atoms with Crippen LogP contribution in [0.4, 0.5) is 11.4 Å². The molecular formula is C12H13N3O2. The highest BCUT2D eigenvalue weighted by Gasteiger charge is 2.26. The average Bonchev–Trinajstić information content (AvgIpc) is 2.34. The molecular weight excluding hydrogens is 218 g/mol. The number of anilines is 2. The maximum Gasteiger partial charge on any atom is 0.246 e. The van der Waals surface area contributed by atoms with Crippen LogP contribution in [0.5, 0.6) is 0 Å². The van der Waals surface area contributed by atoms with E-state index in [0.29, 0.717) is 5.56 Å². The Morgan fingerprint density at radius 2 is 2.24 bits per heavy atom. The van der Waals surface area contributed by atoms with Crippen LogP contribution in [0.1, 0.15) is 5.56 Å². The van der Waals surface area contributed by atoms with Crippen LogP contribution in [0.15, 0.2) is 18.2 Å². The van der Waals surface area contributed by atoms with Crippen molar-refractivity contribution in [3.63, 3.8) is 0 Å². The molecule has 1 aromatic carbocycles. The zero-order chi connectivity index (χ0) is 12.4. The van der Waals surface area contributed by atoms with E-state index in [4.69, 9.17) is 10.4 Å². The van der Waals surface area contributed by atoms with Gasteiger partial charge in [-0.1, -0.05) is 0 Å². The molecule has 5 heteroatoms. The monoisotopic (exact) mass is 231 g/mol. The Labute approximate surface area is 99.5 Å². The minimum Gasteiger partial charge on any atom is -0.395 e. The molecule has 0 radical (unpaired) electrons. The fourth-order valence-electron chi connectivity index (χ4n) is 1.98. The lowest BCUT2D eigenvalue weighted by atomic mass is 10.1. The molecule has 0 unspecified atom stereocenters. The second kappa shape index (κ2) is 4.44. The summed E-state index contributed by atoms with van der Waals surface area (Å²) in [5, 5.41) is 17.8. The summed E-state index contributed by atoms with van der Waals surface area (Å²) in [6.45, 7) is 0.475. The van der Waals surface area contributed by atoms with Gasteiger partial charge in [-0.15, -0.1) is 0 Å². The Kier molecular flexibility index (Phi) is 2.98. The Bertz CT molecular complexity index is 493. The molecule has 0 saturated carbocycles. The molecule has 1 aromatic rings. The lowest BCUT2D eigenvalue weighted by molar-refractivity contribution is -0.117. The average molecular weight is 231 g/mol. The van der Waals surface area contributed by atoms with Crippen molar-refractivity contribution >= 4 is 17.3 Å². The predicted molar refractivity (Wildman–Crippen MR) is 63.9 cm³/mol. The van der Waals surface area contributed by atoms with E-state index in [9.17, 15) is 4.79 Å². The van der Waals surface area contributed by atoms with Crippen molar-refractivity contribution in [1.82, 2.24) is 0 Å². The van der Waals surface area contributed by atoms with Gasteiger partial charge in [-0.25, -0.2) is 0 Å². The van der Waals surface area contributed by atoms with Gasteiger partial charge in [0.25, 0.3) is 0 Å². The molecule has 1 amide bonds. The van der Waals surface area contributed by atoms with Gasteiger partial charge in [0, 0.05) is 13.6 Å². The zero-order valence-corrected chi connectivity index (χ0v) is 9.55. The summed E-state index contributed by atoms with van der Waals surface area (Å²) in [4.78, 5) is 15.2. The van der Waals surface area contributed by atoms with Gasteiger partial charge in [-0.2, -0.15) is 5.26 Å². The smallest absolute Gasteiger partial charge is 0.246 e. The summed E-state index contributed by atoms with van der Waals surface area (Å²) in [5.74, 6) is -0.0428. The molecule has 0 bridgehead atoms. The highest BCUT2D eigenvalue weighted by Crippen LogP contribution is 2.33. The van der Waals surface area contributed by atoms with Gasteiger partial charge in [-0.3, -0.25) is 4.79 Å². The minimum absolute atomic E-state index is 0.0428. The van der Waals surface area contributed by atoms with E-state index < -0.39 is 0 Å². The topological polar surface area (TPSA) is 67.6 Å². The fourth-order valence-corrected chi connectivity index (χ4v) is 1.98. The van der Waals surface area contributed by atoms with Gasteiger partial charge in [-0.05, 0) is 18.2 Å². The maximum atomic E-state index is 11.8. The van der Waals surface area contributed by atoms with Crippen LogP contribution >= 0.6 is 0 Å². The number of amides is 1. The lowest BCUT2D eigenvalue weighted by Crippen LogP contribution is -2.45. The Hall–Kier alpha value is -2.06. The minimum atomic E-state index is -0.0745. The molecule has 0 aliphatic carbocycles. The number of aliphatic hydroxyl groups excluding tert-OH is 1. The second-order valence-electron chi connectivity index (χ2n) is 3.94. The Morgan fingerprint density at radius 1 is 1.47 bits per heavy atom. The van der Waals surface area contributed by atoms with Crippen molar-refractivity contribution in [2.75, 3.05) is 36.5 Å². The third kappa shape index (κ3) is 1.95. The Balaban J connectivity index is 2.48. The van der Waals surface area contributed by atoms with E-state index in [1.165, 1.54) is 0 Å². The summed E-state index contributed by atoms with van der Waals surface area (Å²) in [6, 6.07) is 7.26. The van der Waals surface area contributed by atoms with Crippen molar-refractivity contribution in [3.05, 3.63) is 23.8 Å². The fraction of sp³-hybridized carbons (Fsp3) is 0.333. The van der Waals surface area contributed by atoms with E-state index in [-0.39, 0.29) is 25.6 Å². The quantitative estimate of drug-likeness (QED) is 0.796. The van der Waals surface area contributed by atoms with Crippen LogP contribution in [0.3, 0.4) is 0 Å².